The van der Waals surface area contributed by atoms with E-state index >= 15 is 0 Å². The molecule has 0 aromatic heterocycles. The Morgan fingerprint density at radius 3 is 1.57 bits per heavy atom. The minimum absolute atomic E-state index is 0.180. The summed E-state index contributed by atoms with van der Waals surface area (Å²) >= 11 is 0. The van der Waals surface area contributed by atoms with Crippen molar-refractivity contribution in [3.05, 3.63) is 35.1 Å². The van der Waals surface area contributed by atoms with Gasteiger partial charge in [-0.1, -0.05) is 45.4 Å². The van der Waals surface area contributed by atoms with E-state index in [-0.39, 0.29) is 5.92 Å². The first-order chi connectivity index (χ1) is 14.5. The molecular formula is C27H39F3. The van der Waals surface area contributed by atoms with E-state index in [9.17, 15) is 13.2 Å². The predicted molar refractivity (Wildman–Crippen MR) is 117 cm³/mol. The number of rotatable bonds is 5. The van der Waals surface area contributed by atoms with E-state index in [0.29, 0.717) is 5.56 Å². The van der Waals surface area contributed by atoms with E-state index in [2.05, 4.69) is 6.92 Å². The van der Waals surface area contributed by atoms with Crippen molar-refractivity contribution >= 4 is 0 Å². The van der Waals surface area contributed by atoms with Gasteiger partial charge in [-0.25, -0.2) is 13.2 Å². The lowest BCUT2D eigenvalue weighted by Crippen LogP contribution is -2.25. The van der Waals surface area contributed by atoms with Gasteiger partial charge in [-0.15, -0.1) is 0 Å². The molecule has 3 aliphatic rings. The van der Waals surface area contributed by atoms with E-state index in [1.165, 1.54) is 76.3 Å². The van der Waals surface area contributed by atoms with Gasteiger partial charge < -0.3 is 0 Å². The van der Waals surface area contributed by atoms with Crippen molar-refractivity contribution in [1.82, 2.24) is 0 Å². The molecule has 0 atom stereocenters. The lowest BCUT2D eigenvalue weighted by molar-refractivity contribution is 0.143. The SMILES string of the molecule is CC1CCC(C2CCC(CCC3CCC(c4cc(F)c(F)c(F)c4)CC3)CC2)CC1. The molecule has 0 nitrogen and oxygen atoms in total. The molecule has 0 spiro atoms. The zero-order valence-electron chi connectivity index (χ0n) is 18.7. The molecule has 0 radical (unpaired) electrons. The quantitative estimate of drug-likeness (QED) is 0.417. The molecule has 30 heavy (non-hydrogen) atoms. The Balaban J connectivity index is 1.16. The number of hydrogen-bond donors (Lipinski definition) is 0. The number of hydrogen-bond acceptors (Lipinski definition) is 0. The smallest absolute Gasteiger partial charge is 0.194 e. The van der Waals surface area contributed by atoms with Crippen LogP contribution in [0.2, 0.25) is 0 Å². The zero-order chi connectivity index (χ0) is 21.1. The molecule has 0 N–H and O–H groups in total. The molecule has 1 aromatic carbocycles. The molecular weight excluding hydrogens is 381 g/mol. The molecule has 3 fully saturated rings. The number of halogens is 3. The Hall–Kier alpha value is -0.990. The highest BCUT2D eigenvalue weighted by Gasteiger charge is 2.30. The zero-order valence-corrected chi connectivity index (χ0v) is 18.7. The normalized spacial score (nSPS) is 35.3. The topological polar surface area (TPSA) is 0 Å². The summed E-state index contributed by atoms with van der Waals surface area (Å²) in [6.45, 7) is 2.41. The number of benzene rings is 1. The average molecular weight is 421 g/mol. The van der Waals surface area contributed by atoms with E-state index in [0.717, 1.165) is 55.3 Å². The van der Waals surface area contributed by atoms with Crippen LogP contribution in [0.1, 0.15) is 108 Å². The molecule has 0 unspecified atom stereocenters. The first-order valence-electron chi connectivity index (χ1n) is 12.6. The summed E-state index contributed by atoms with van der Waals surface area (Å²) in [6, 6.07) is 2.41. The van der Waals surface area contributed by atoms with Crippen LogP contribution in [0, 0.1) is 47.0 Å². The maximum atomic E-state index is 13.5. The Morgan fingerprint density at radius 2 is 1.07 bits per heavy atom. The summed E-state index contributed by atoms with van der Waals surface area (Å²) in [5.74, 6) is 1.37. The second-order valence-corrected chi connectivity index (χ2v) is 10.9. The minimum atomic E-state index is -1.35. The van der Waals surface area contributed by atoms with Crippen molar-refractivity contribution in [2.45, 2.75) is 103 Å². The van der Waals surface area contributed by atoms with Crippen molar-refractivity contribution in [3.8, 4) is 0 Å². The van der Waals surface area contributed by atoms with Crippen LogP contribution in [0.4, 0.5) is 13.2 Å². The van der Waals surface area contributed by atoms with Crippen molar-refractivity contribution in [3.63, 3.8) is 0 Å². The fourth-order valence-electron chi connectivity index (χ4n) is 6.77. The predicted octanol–water partition coefficient (Wildman–Crippen LogP) is 8.79. The maximum Gasteiger partial charge on any atom is 0.194 e. The van der Waals surface area contributed by atoms with Crippen LogP contribution in [-0.2, 0) is 0 Å². The van der Waals surface area contributed by atoms with Crippen LogP contribution in [0.3, 0.4) is 0 Å². The molecule has 0 amide bonds. The molecule has 0 heterocycles. The van der Waals surface area contributed by atoms with Crippen LogP contribution in [0.15, 0.2) is 12.1 Å². The lowest BCUT2D eigenvalue weighted by atomic mass is 9.68. The summed E-state index contributed by atoms with van der Waals surface area (Å²) in [7, 11) is 0. The highest BCUT2D eigenvalue weighted by Crippen LogP contribution is 2.43. The van der Waals surface area contributed by atoms with Gasteiger partial charge in [0.05, 0.1) is 0 Å². The van der Waals surface area contributed by atoms with Gasteiger partial charge in [-0.2, -0.15) is 0 Å². The molecule has 4 rings (SSSR count). The van der Waals surface area contributed by atoms with Gasteiger partial charge >= 0.3 is 0 Å². The van der Waals surface area contributed by atoms with Crippen LogP contribution in [-0.4, -0.2) is 0 Å². The third kappa shape index (κ3) is 5.43. The molecule has 0 saturated heterocycles. The molecule has 3 heteroatoms. The molecule has 0 aliphatic heterocycles. The summed E-state index contributed by atoms with van der Waals surface area (Å²) in [5.41, 5.74) is 0.639. The summed E-state index contributed by atoms with van der Waals surface area (Å²) in [5, 5.41) is 0. The summed E-state index contributed by atoms with van der Waals surface area (Å²) in [6.07, 6.45) is 18.5. The standard InChI is InChI=1S/C27H39F3/c1-18-2-10-21(11-3-18)22-12-6-19(7-13-22)4-5-20-8-14-23(15-9-20)24-16-25(28)27(30)26(29)17-24/h16-23H,2-15H2,1H3. The summed E-state index contributed by atoms with van der Waals surface area (Å²) in [4.78, 5) is 0. The highest BCUT2D eigenvalue weighted by molar-refractivity contribution is 5.23. The fraction of sp³-hybridized carbons (Fsp3) is 0.778. The second kappa shape index (κ2) is 10.1. The van der Waals surface area contributed by atoms with Gasteiger partial charge in [0.15, 0.2) is 17.5 Å². The largest absolute Gasteiger partial charge is 0.204 e. The third-order valence-electron chi connectivity index (χ3n) is 8.93. The van der Waals surface area contributed by atoms with Crippen LogP contribution >= 0.6 is 0 Å². The van der Waals surface area contributed by atoms with Crippen LogP contribution in [0.5, 0.6) is 0 Å². The van der Waals surface area contributed by atoms with Crippen molar-refractivity contribution in [1.29, 1.82) is 0 Å². The van der Waals surface area contributed by atoms with Gasteiger partial charge in [-0.3, -0.25) is 0 Å². The van der Waals surface area contributed by atoms with Gasteiger partial charge in [0.1, 0.15) is 0 Å². The van der Waals surface area contributed by atoms with Crippen molar-refractivity contribution in [2.75, 3.05) is 0 Å². The maximum absolute atomic E-state index is 13.5. The van der Waals surface area contributed by atoms with Crippen LogP contribution in [0.25, 0.3) is 0 Å². The van der Waals surface area contributed by atoms with Gasteiger partial charge in [-0.05, 0) is 105 Å². The highest BCUT2D eigenvalue weighted by atomic mass is 19.2. The molecule has 0 bridgehead atoms. The van der Waals surface area contributed by atoms with E-state index < -0.39 is 17.5 Å². The van der Waals surface area contributed by atoms with Crippen molar-refractivity contribution in [2.24, 2.45) is 29.6 Å². The molecule has 3 saturated carbocycles. The third-order valence-corrected chi connectivity index (χ3v) is 8.93. The average Bonchev–Trinajstić information content (AvgIpc) is 2.77. The summed E-state index contributed by atoms with van der Waals surface area (Å²) < 4.78 is 40.3. The minimum Gasteiger partial charge on any atom is -0.204 e. The van der Waals surface area contributed by atoms with Crippen molar-refractivity contribution < 1.29 is 13.2 Å². The first-order valence-corrected chi connectivity index (χ1v) is 12.6. The monoisotopic (exact) mass is 420 g/mol. The Labute approximate surface area is 181 Å². The Kier molecular flexibility index (Phi) is 7.47. The Morgan fingerprint density at radius 1 is 0.633 bits per heavy atom. The molecule has 1 aromatic rings. The fourth-order valence-corrected chi connectivity index (χ4v) is 6.77. The first kappa shape index (κ1) is 22.2. The second-order valence-electron chi connectivity index (χ2n) is 10.9. The van der Waals surface area contributed by atoms with Gasteiger partial charge in [0.25, 0.3) is 0 Å². The molecule has 168 valence electrons. The Bertz CT molecular complexity index is 652. The van der Waals surface area contributed by atoms with E-state index in [1.807, 2.05) is 0 Å². The van der Waals surface area contributed by atoms with Crippen LogP contribution < -0.4 is 0 Å². The van der Waals surface area contributed by atoms with Gasteiger partial charge in [0.2, 0.25) is 0 Å². The van der Waals surface area contributed by atoms with Gasteiger partial charge in [0, 0.05) is 0 Å². The molecule has 3 aliphatic carbocycles. The van der Waals surface area contributed by atoms with E-state index in [4.69, 9.17) is 0 Å². The van der Waals surface area contributed by atoms with E-state index in [1.54, 1.807) is 0 Å². The lowest BCUT2D eigenvalue weighted by Gasteiger charge is -2.37.